The summed E-state index contributed by atoms with van der Waals surface area (Å²) in [6.07, 6.45) is 19.4. The minimum Gasteiger partial charge on any atom is -0.493 e. The molecule has 4 heteroatoms. The van der Waals surface area contributed by atoms with Gasteiger partial charge in [0.2, 0.25) is 0 Å². The van der Waals surface area contributed by atoms with Crippen molar-refractivity contribution in [1.82, 2.24) is 0 Å². The standard InChI is InChI=1S/C48H58O2S2/c1-5-7-9-11-13-21-31-49-44-36-42(34-43(40-25-19-16-20-26-40)46-29-30-48(52-46)47-28-27-38(4)51-47)45(50-32-22-14-12-10-8-6-2)35-41(44)33-37(3)39-23-17-15-18-24-39/h15-20,23-30,33-36H,5-14,21-22,31-32H2,1-4H3/b37-33-,43-34+. The van der Waals surface area contributed by atoms with E-state index in [1.807, 2.05) is 22.7 Å². The SMILES string of the molecule is CCCCCCCCOc1cc(/C=C(\c2ccccc2)c2ccc(-c3ccc(C)s3)s2)c(OCCCCCCCC)cc1/C=C(/C)c1ccccc1. The lowest BCUT2D eigenvalue weighted by atomic mass is 9.98. The molecule has 274 valence electrons. The van der Waals surface area contributed by atoms with Gasteiger partial charge in [-0.25, -0.2) is 0 Å². The molecule has 2 heterocycles. The minimum absolute atomic E-state index is 0.702. The van der Waals surface area contributed by atoms with Gasteiger partial charge in [-0.3, -0.25) is 0 Å². The zero-order valence-corrected chi connectivity index (χ0v) is 33.6. The highest BCUT2D eigenvalue weighted by molar-refractivity contribution is 7.22. The number of rotatable bonds is 22. The number of benzene rings is 3. The van der Waals surface area contributed by atoms with Crippen LogP contribution in [0.25, 0.3) is 33.1 Å². The van der Waals surface area contributed by atoms with Crippen molar-refractivity contribution in [3.63, 3.8) is 0 Å². The maximum Gasteiger partial charge on any atom is 0.127 e. The van der Waals surface area contributed by atoms with Gasteiger partial charge in [0, 0.05) is 30.6 Å². The summed E-state index contributed by atoms with van der Waals surface area (Å²) in [5.41, 5.74) is 6.92. The third kappa shape index (κ3) is 12.1. The molecule has 0 bridgehead atoms. The van der Waals surface area contributed by atoms with Crippen LogP contribution in [0.5, 0.6) is 11.5 Å². The molecule has 0 unspecified atom stereocenters. The van der Waals surface area contributed by atoms with E-state index in [9.17, 15) is 0 Å². The predicted octanol–water partition coefficient (Wildman–Crippen LogP) is 15.4. The topological polar surface area (TPSA) is 18.5 Å². The van der Waals surface area contributed by atoms with Crippen molar-refractivity contribution < 1.29 is 9.47 Å². The first kappa shape index (κ1) is 39.3. The van der Waals surface area contributed by atoms with Crippen molar-refractivity contribution in [3.05, 3.63) is 129 Å². The van der Waals surface area contributed by atoms with E-state index < -0.39 is 0 Å². The van der Waals surface area contributed by atoms with E-state index in [4.69, 9.17) is 9.47 Å². The Labute approximate surface area is 322 Å². The van der Waals surface area contributed by atoms with Crippen LogP contribution >= 0.6 is 22.7 Å². The third-order valence-electron chi connectivity index (χ3n) is 9.49. The number of thiophene rings is 2. The highest BCUT2D eigenvalue weighted by atomic mass is 32.1. The smallest absolute Gasteiger partial charge is 0.127 e. The van der Waals surface area contributed by atoms with Gasteiger partial charge in [0.15, 0.2) is 0 Å². The molecule has 0 spiro atoms. The summed E-state index contributed by atoms with van der Waals surface area (Å²) >= 11 is 3.71. The number of allylic oxidation sites excluding steroid dienone is 1. The molecule has 0 aliphatic rings. The van der Waals surface area contributed by atoms with E-state index in [-0.39, 0.29) is 0 Å². The molecular formula is C48H58O2S2. The molecule has 52 heavy (non-hydrogen) atoms. The normalized spacial score (nSPS) is 12.0. The first-order valence-electron chi connectivity index (χ1n) is 19.7. The lowest BCUT2D eigenvalue weighted by molar-refractivity contribution is 0.295. The van der Waals surface area contributed by atoms with Gasteiger partial charge in [-0.05, 0) is 97.5 Å². The Morgan fingerprint density at radius 3 is 1.60 bits per heavy atom. The van der Waals surface area contributed by atoms with E-state index in [1.54, 1.807) is 0 Å². The van der Waals surface area contributed by atoms with Crippen molar-refractivity contribution in [2.45, 2.75) is 105 Å². The summed E-state index contributed by atoms with van der Waals surface area (Å²) in [6.45, 7) is 10.3. The average Bonchev–Trinajstić information content (AvgIpc) is 3.84. The second-order valence-electron chi connectivity index (χ2n) is 13.9. The molecule has 0 saturated carbocycles. The van der Waals surface area contributed by atoms with Gasteiger partial charge in [-0.1, -0.05) is 139 Å². The largest absolute Gasteiger partial charge is 0.493 e. The third-order valence-corrected chi connectivity index (χ3v) is 11.8. The zero-order chi connectivity index (χ0) is 36.4. The maximum atomic E-state index is 6.73. The van der Waals surface area contributed by atoms with Crippen molar-refractivity contribution in [2.75, 3.05) is 13.2 Å². The molecule has 0 atom stereocenters. The first-order chi connectivity index (χ1) is 25.6. The van der Waals surface area contributed by atoms with Gasteiger partial charge in [-0.15, -0.1) is 22.7 Å². The molecule has 5 aromatic rings. The summed E-state index contributed by atoms with van der Waals surface area (Å²) in [5, 5.41) is 0. The van der Waals surface area contributed by atoms with E-state index in [0.29, 0.717) is 13.2 Å². The van der Waals surface area contributed by atoms with Crippen LogP contribution in [0, 0.1) is 6.92 Å². The average molecular weight is 731 g/mol. The molecule has 0 N–H and O–H groups in total. The fourth-order valence-corrected chi connectivity index (χ4v) is 8.47. The molecule has 0 aliphatic heterocycles. The summed E-state index contributed by atoms with van der Waals surface area (Å²) in [7, 11) is 0. The fourth-order valence-electron chi connectivity index (χ4n) is 6.47. The Hall–Kier alpha value is -3.86. The molecule has 3 aromatic carbocycles. The fraction of sp³-hybridized carbons (Fsp3) is 0.375. The number of ether oxygens (including phenoxy) is 2. The molecule has 0 aliphatic carbocycles. The lowest BCUT2D eigenvalue weighted by Crippen LogP contribution is -2.03. The van der Waals surface area contributed by atoms with Gasteiger partial charge >= 0.3 is 0 Å². The van der Waals surface area contributed by atoms with Crippen LogP contribution in [-0.4, -0.2) is 13.2 Å². The number of hydrogen-bond donors (Lipinski definition) is 0. The van der Waals surface area contributed by atoms with Gasteiger partial charge in [-0.2, -0.15) is 0 Å². The second kappa shape index (κ2) is 21.6. The van der Waals surface area contributed by atoms with Crippen LogP contribution in [-0.2, 0) is 0 Å². The van der Waals surface area contributed by atoms with Crippen LogP contribution in [0.2, 0.25) is 0 Å². The summed E-state index contributed by atoms with van der Waals surface area (Å²) in [4.78, 5) is 5.20. The Morgan fingerprint density at radius 1 is 0.538 bits per heavy atom. The van der Waals surface area contributed by atoms with E-state index in [0.717, 1.165) is 35.5 Å². The van der Waals surface area contributed by atoms with Crippen LogP contribution < -0.4 is 9.47 Å². The van der Waals surface area contributed by atoms with Gasteiger partial charge in [0.1, 0.15) is 11.5 Å². The zero-order valence-electron chi connectivity index (χ0n) is 31.9. The second-order valence-corrected chi connectivity index (χ2v) is 16.2. The highest BCUT2D eigenvalue weighted by Crippen LogP contribution is 2.41. The maximum absolute atomic E-state index is 6.73. The monoisotopic (exact) mass is 730 g/mol. The molecule has 5 rings (SSSR count). The number of aryl methyl sites for hydroxylation is 1. The van der Waals surface area contributed by atoms with E-state index in [2.05, 4.69) is 137 Å². The van der Waals surface area contributed by atoms with Gasteiger partial charge in [0.25, 0.3) is 0 Å². The summed E-state index contributed by atoms with van der Waals surface area (Å²) in [5.74, 6) is 1.82. The Morgan fingerprint density at radius 2 is 1.04 bits per heavy atom. The van der Waals surface area contributed by atoms with Crippen LogP contribution in [0.1, 0.15) is 130 Å². The quantitative estimate of drug-likeness (QED) is 0.0521. The minimum atomic E-state index is 0.702. The molecule has 0 fully saturated rings. The molecule has 0 saturated heterocycles. The van der Waals surface area contributed by atoms with Crippen LogP contribution in [0.4, 0.5) is 0 Å². The van der Waals surface area contributed by atoms with Crippen LogP contribution in [0.15, 0.2) is 97.1 Å². The van der Waals surface area contributed by atoms with Gasteiger partial charge in [0.05, 0.1) is 13.2 Å². The molecule has 2 nitrogen and oxygen atoms in total. The highest BCUT2D eigenvalue weighted by Gasteiger charge is 2.16. The van der Waals surface area contributed by atoms with Crippen molar-refractivity contribution in [1.29, 1.82) is 0 Å². The Balaban J connectivity index is 1.55. The number of unbranched alkanes of at least 4 members (excludes halogenated alkanes) is 10. The summed E-state index contributed by atoms with van der Waals surface area (Å²) in [6, 6.07) is 34.9. The van der Waals surface area contributed by atoms with Crippen molar-refractivity contribution in [2.24, 2.45) is 0 Å². The molecule has 2 aromatic heterocycles. The predicted molar refractivity (Wildman–Crippen MR) is 230 cm³/mol. The Bertz CT molecular complexity index is 1830. The molecule has 0 radical (unpaired) electrons. The first-order valence-corrected chi connectivity index (χ1v) is 21.3. The Kier molecular flexibility index (Phi) is 16.4. The molecular weight excluding hydrogens is 673 g/mol. The van der Waals surface area contributed by atoms with E-state index >= 15 is 0 Å². The lowest BCUT2D eigenvalue weighted by Gasteiger charge is -2.17. The number of hydrogen-bond acceptors (Lipinski definition) is 4. The van der Waals surface area contributed by atoms with E-state index in [1.165, 1.54) is 106 Å². The summed E-state index contributed by atoms with van der Waals surface area (Å²) < 4.78 is 13.4. The van der Waals surface area contributed by atoms with Crippen LogP contribution in [0.3, 0.4) is 0 Å². The van der Waals surface area contributed by atoms with Crippen molar-refractivity contribution >= 4 is 46.0 Å². The molecule has 0 amide bonds. The van der Waals surface area contributed by atoms with Crippen molar-refractivity contribution in [3.8, 4) is 21.3 Å². The van der Waals surface area contributed by atoms with Gasteiger partial charge < -0.3 is 9.47 Å².